The van der Waals surface area contributed by atoms with Crippen LogP contribution in [0.4, 0.5) is 0 Å². The summed E-state index contributed by atoms with van der Waals surface area (Å²) in [7, 11) is 1.97. The molecule has 3 nitrogen and oxygen atoms in total. The minimum atomic E-state index is 0.656. The molecule has 0 aliphatic carbocycles. The van der Waals surface area contributed by atoms with Crippen molar-refractivity contribution < 1.29 is 0 Å². The Morgan fingerprint density at radius 3 is 3.07 bits per heavy atom. The number of aromatic nitrogens is 2. The zero-order chi connectivity index (χ0) is 9.97. The summed E-state index contributed by atoms with van der Waals surface area (Å²) in [6.45, 7) is 2.27. The van der Waals surface area contributed by atoms with Gasteiger partial charge < -0.3 is 5.32 Å². The third-order valence-electron chi connectivity index (χ3n) is 2.95. The maximum Gasteiger partial charge on any atom is 0.0522 e. The number of piperidine rings is 1. The monoisotopic (exact) mass is 193 g/mol. The van der Waals surface area contributed by atoms with E-state index in [4.69, 9.17) is 0 Å². The predicted molar refractivity (Wildman–Crippen MR) is 57.1 cm³/mol. The molecule has 0 saturated carbocycles. The van der Waals surface area contributed by atoms with Gasteiger partial charge in [0.2, 0.25) is 0 Å². The zero-order valence-corrected chi connectivity index (χ0v) is 9.03. The van der Waals surface area contributed by atoms with Crippen molar-refractivity contribution in [2.24, 2.45) is 7.05 Å². The van der Waals surface area contributed by atoms with E-state index in [-0.39, 0.29) is 0 Å². The number of nitrogens with zero attached hydrogens (tertiary/aromatic N) is 2. The van der Waals surface area contributed by atoms with E-state index in [0.717, 1.165) is 6.42 Å². The van der Waals surface area contributed by atoms with Gasteiger partial charge in [-0.15, -0.1) is 0 Å². The van der Waals surface area contributed by atoms with Crippen LogP contribution in [0.1, 0.15) is 31.7 Å². The van der Waals surface area contributed by atoms with Gasteiger partial charge in [-0.05, 0) is 31.7 Å². The Balaban J connectivity index is 1.90. The Hall–Kier alpha value is -0.830. The highest BCUT2D eigenvalue weighted by Crippen LogP contribution is 2.15. The molecule has 1 aliphatic heterocycles. The van der Waals surface area contributed by atoms with Crippen molar-refractivity contribution in [3.63, 3.8) is 0 Å². The molecular formula is C11H19N3. The van der Waals surface area contributed by atoms with Crippen molar-refractivity contribution in [1.82, 2.24) is 15.1 Å². The largest absolute Gasteiger partial charge is 0.311 e. The van der Waals surface area contributed by atoms with Crippen molar-refractivity contribution in [2.45, 2.75) is 44.7 Å². The van der Waals surface area contributed by atoms with E-state index in [0.29, 0.717) is 12.1 Å². The van der Waals surface area contributed by atoms with Gasteiger partial charge in [0.25, 0.3) is 0 Å². The molecule has 2 unspecified atom stereocenters. The second kappa shape index (κ2) is 4.13. The van der Waals surface area contributed by atoms with Crippen molar-refractivity contribution in [1.29, 1.82) is 0 Å². The van der Waals surface area contributed by atoms with E-state index in [2.05, 4.69) is 23.5 Å². The van der Waals surface area contributed by atoms with Gasteiger partial charge in [-0.1, -0.05) is 6.42 Å². The second-order valence-corrected chi connectivity index (χ2v) is 4.42. The molecule has 1 N–H and O–H groups in total. The summed E-state index contributed by atoms with van der Waals surface area (Å²) >= 11 is 0. The first-order valence-corrected chi connectivity index (χ1v) is 5.47. The molecule has 1 fully saturated rings. The van der Waals surface area contributed by atoms with Crippen molar-refractivity contribution in [3.8, 4) is 0 Å². The molecule has 0 aromatic carbocycles. The highest BCUT2D eigenvalue weighted by Gasteiger charge is 2.18. The molecule has 0 radical (unpaired) electrons. The average Bonchev–Trinajstić information content (AvgIpc) is 2.51. The maximum atomic E-state index is 4.19. The van der Waals surface area contributed by atoms with E-state index < -0.39 is 0 Å². The minimum absolute atomic E-state index is 0.656. The van der Waals surface area contributed by atoms with Gasteiger partial charge in [0, 0.05) is 25.3 Å². The van der Waals surface area contributed by atoms with E-state index >= 15 is 0 Å². The molecule has 1 aliphatic rings. The highest BCUT2D eigenvalue weighted by molar-refractivity contribution is 5.06. The lowest BCUT2D eigenvalue weighted by atomic mass is 9.96. The molecule has 2 heterocycles. The predicted octanol–water partition coefficient (Wildman–Crippen LogP) is 1.49. The standard InChI is InChI=1S/C11H19N3/c1-9-4-3-5-11(13-9)6-10-7-12-14(2)8-10/h7-9,11,13H,3-6H2,1-2H3. The lowest BCUT2D eigenvalue weighted by Gasteiger charge is -2.28. The van der Waals surface area contributed by atoms with Gasteiger partial charge in [0.1, 0.15) is 0 Å². The van der Waals surface area contributed by atoms with Gasteiger partial charge in [0.05, 0.1) is 6.20 Å². The van der Waals surface area contributed by atoms with E-state index in [1.165, 1.54) is 24.8 Å². The molecule has 2 atom stereocenters. The van der Waals surface area contributed by atoms with Crippen LogP contribution in [0.25, 0.3) is 0 Å². The van der Waals surface area contributed by atoms with Crippen LogP contribution >= 0.6 is 0 Å². The summed E-state index contributed by atoms with van der Waals surface area (Å²) in [5.74, 6) is 0. The first kappa shape index (κ1) is 9.71. The van der Waals surface area contributed by atoms with E-state index in [9.17, 15) is 0 Å². The number of aryl methyl sites for hydroxylation is 1. The number of nitrogens with one attached hydrogen (secondary N) is 1. The average molecular weight is 193 g/mol. The van der Waals surface area contributed by atoms with Crippen molar-refractivity contribution in [3.05, 3.63) is 18.0 Å². The third kappa shape index (κ3) is 2.35. The quantitative estimate of drug-likeness (QED) is 0.771. The van der Waals surface area contributed by atoms with E-state index in [1.807, 2.05) is 17.9 Å². The first-order valence-electron chi connectivity index (χ1n) is 5.47. The second-order valence-electron chi connectivity index (χ2n) is 4.42. The summed E-state index contributed by atoms with van der Waals surface area (Å²) in [5.41, 5.74) is 1.35. The van der Waals surface area contributed by atoms with Crippen LogP contribution in [0.5, 0.6) is 0 Å². The smallest absolute Gasteiger partial charge is 0.0522 e. The van der Waals surface area contributed by atoms with Gasteiger partial charge in [-0.2, -0.15) is 5.10 Å². The molecule has 0 spiro atoms. The molecule has 2 rings (SSSR count). The Labute approximate surface area is 85.5 Å². The van der Waals surface area contributed by atoms with Gasteiger partial charge in [0.15, 0.2) is 0 Å². The zero-order valence-electron chi connectivity index (χ0n) is 9.03. The fourth-order valence-electron chi connectivity index (χ4n) is 2.26. The molecule has 14 heavy (non-hydrogen) atoms. The first-order chi connectivity index (χ1) is 6.74. The van der Waals surface area contributed by atoms with Crippen LogP contribution in [-0.2, 0) is 13.5 Å². The highest BCUT2D eigenvalue weighted by atomic mass is 15.2. The Morgan fingerprint density at radius 1 is 1.57 bits per heavy atom. The van der Waals surface area contributed by atoms with Crippen LogP contribution in [-0.4, -0.2) is 21.9 Å². The van der Waals surface area contributed by atoms with Crippen LogP contribution < -0.4 is 5.32 Å². The SMILES string of the molecule is CC1CCCC(Cc2cnn(C)c2)N1. The van der Waals surface area contributed by atoms with Gasteiger partial charge in [-0.3, -0.25) is 4.68 Å². The molecule has 1 aromatic rings. The maximum absolute atomic E-state index is 4.19. The topological polar surface area (TPSA) is 29.9 Å². The van der Waals surface area contributed by atoms with Crippen LogP contribution in [0, 0.1) is 0 Å². The summed E-state index contributed by atoms with van der Waals surface area (Å²) in [4.78, 5) is 0. The number of hydrogen-bond donors (Lipinski definition) is 1. The lowest BCUT2D eigenvalue weighted by Crippen LogP contribution is -2.41. The summed E-state index contributed by atoms with van der Waals surface area (Å²) in [5, 5.41) is 7.83. The fourth-order valence-corrected chi connectivity index (χ4v) is 2.26. The van der Waals surface area contributed by atoms with Gasteiger partial charge in [-0.25, -0.2) is 0 Å². The Kier molecular flexibility index (Phi) is 2.87. The summed E-state index contributed by atoms with van der Waals surface area (Å²) in [6.07, 6.45) is 9.20. The van der Waals surface area contributed by atoms with E-state index in [1.54, 1.807) is 0 Å². The number of rotatable bonds is 2. The molecular weight excluding hydrogens is 174 g/mol. The molecule has 0 amide bonds. The van der Waals surface area contributed by atoms with Crippen molar-refractivity contribution in [2.75, 3.05) is 0 Å². The molecule has 1 aromatic heterocycles. The molecule has 3 heteroatoms. The molecule has 0 bridgehead atoms. The minimum Gasteiger partial charge on any atom is -0.311 e. The van der Waals surface area contributed by atoms with Crippen LogP contribution in [0.2, 0.25) is 0 Å². The normalized spacial score (nSPS) is 27.9. The molecule has 78 valence electrons. The molecule has 1 saturated heterocycles. The summed E-state index contributed by atoms with van der Waals surface area (Å²) < 4.78 is 1.88. The Morgan fingerprint density at radius 2 is 2.43 bits per heavy atom. The fraction of sp³-hybridized carbons (Fsp3) is 0.727. The number of hydrogen-bond acceptors (Lipinski definition) is 2. The summed E-state index contributed by atoms with van der Waals surface area (Å²) in [6, 6.07) is 1.34. The van der Waals surface area contributed by atoms with Crippen molar-refractivity contribution >= 4 is 0 Å². The Bertz CT molecular complexity index is 292. The lowest BCUT2D eigenvalue weighted by molar-refractivity contribution is 0.333. The third-order valence-corrected chi connectivity index (χ3v) is 2.95. The van der Waals surface area contributed by atoms with Gasteiger partial charge >= 0.3 is 0 Å². The van der Waals surface area contributed by atoms with Crippen LogP contribution in [0.15, 0.2) is 12.4 Å². The van der Waals surface area contributed by atoms with Crippen LogP contribution in [0.3, 0.4) is 0 Å².